The first kappa shape index (κ1) is 22.5. The van der Waals surface area contributed by atoms with Gasteiger partial charge in [0.15, 0.2) is 5.92 Å². The lowest BCUT2D eigenvalue weighted by atomic mass is 9.79. The van der Waals surface area contributed by atoms with Crippen LogP contribution in [0.3, 0.4) is 0 Å². The Morgan fingerprint density at radius 1 is 1.04 bits per heavy atom. The SMILES string of the molecule is CCC(CC(C)(C)C(=O)OCC(C(=O)OC)C(=O)OC)c1ccc(O)cc1. The highest BCUT2D eigenvalue weighted by Crippen LogP contribution is 2.35. The van der Waals surface area contributed by atoms with Crippen LogP contribution in [0.15, 0.2) is 24.3 Å². The van der Waals surface area contributed by atoms with Crippen molar-refractivity contribution < 1.29 is 33.7 Å². The second kappa shape index (κ2) is 9.94. The van der Waals surface area contributed by atoms with Crippen LogP contribution in [0.2, 0.25) is 0 Å². The molecule has 0 fully saturated rings. The van der Waals surface area contributed by atoms with E-state index in [1.165, 1.54) is 0 Å². The van der Waals surface area contributed by atoms with Crippen molar-refractivity contribution in [1.29, 1.82) is 0 Å². The minimum Gasteiger partial charge on any atom is -0.508 e. The minimum atomic E-state index is -1.31. The number of methoxy groups -OCH3 is 2. The molecule has 27 heavy (non-hydrogen) atoms. The van der Waals surface area contributed by atoms with Gasteiger partial charge in [-0.1, -0.05) is 19.1 Å². The third kappa shape index (κ3) is 6.27. The molecule has 0 saturated carbocycles. The van der Waals surface area contributed by atoms with Crippen molar-refractivity contribution in [3.8, 4) is 5.75 Å². The van der Waals surface area contributed by atoms with Crippen LogP contribution in [0.5, 0.6) is 5.75 Å². The van der Waals surface area contributed by atoms with E-state index in [9.17, 15) is 19.5 Å². The molecule has 0 saturated heterocycles. The Morgan fingerprint density at radius 3 is 2.00 bits per heavy atom. The summed E-state index contributed by atoms with van der Waals surface area (Å²) in [5, 5.41) is 9.43. The molecule has 1 N–H and O–H groups in total. The van der Waals surface area contributed by atoms with E-state index < -0.39 is 35.8 Å². The number of phenolic OH excluding ortho intramolecular Hbond substituents is 1. The quantitative estimate of drug-likeness (QED) is 0.399. The third-order valence-electron chi connectivity index (χ3n) is 4.52. The van der Waals surface area contributed by atoms with Crippen LogP contribution in [0.1, 0.15) is 45.1 Å². The normalized spacial score (nSPS) is 12.4. The van der Waals surface area contributed by atoms with Crippen molar-refractivity contribution in [3.63, 3.8) is 0 Å². The summed E-state index contributed by atoms with van der Waals surface area (Å²) in [6, 6.07) is 6.88. The molecule has 7 heteroatoms. The Labute approximate surface area is 159 Å². The summed E-state index contributed by atoms with van der Waals surface area (Å²) in [7, 11) is 2.29. The van der Waals surface area contributed by atoms with Gasteiger partial charge in [0.05, 0.1) is 19.6 Å². The fraction of sp³-hybridized carbons (Fsp3) is 0.550. The lowest BCUT2D eigenvalue weighted by Gasteiger charge is -2.28. The molecule has 1 atom stereocenters. The molecule has 0 heterocycles. The van der Waals surface area contributed by atoms with Gasteiger partial charge in [-0.15, -0.1) is 0 Å². The number of benzene rings is 1. The van der Waals surface area contributed by atoms with Crippen LogP contribution in [0.25, 0.3) is 0 Å². The summed E-state index contributed by atoms with van der Waals surface area (Å²) in [6.07, 6.45) is 1.31. The van der Waals surface area contributed by atoms with Gasteiger partial charge in [-0.25, -0.2) is 0 Å². The lowest BCUT2D eigenvalue weighted by molar-refractivity contribution is -0.167. The number of ether oxygens (including phenoxy) is 3. The van der Waals surface area contributed by atoms with Crippen LogP contribution in [0.4, 0.5) is 0 Å². The fourth-order valence-corrected chi connectivity index (χ4v) is 2.81. The van der Waals surface area contributed by atoms with Crippen molar-refractivity contribution in [3.05, 3.63) is 29.8 Å². The monoisotopic (exact) mass is 380 g/mol. The van der Waals surface area contributed by atoms with E-state index in [0.717, 1.165) is 26.2 Å². The van der Waals surface area contributed by atoms with E-state index in [2.05, 4.69) is 9.47 Å². The molecule has 1 aromatic rings. The number of carbonyl (C=O) groups excluding carboxylic acids is 3. The van der Waals surface area contributed by atoms with Crippen LogP contribution < -0.4 is 0 Å². The highest BCUT2D eigenvalue weighted by atomic mass is 16.6. The molecule has 0 aliphatic carbocycles. The van der Waals surface area contributed by atoms with E-state index in [4.69, 9.17) is 4.74 Å². The maximum Gasteiger partial charge on any atom is 0.323 e. The Kier molecular flexibility index (Phi) is 8.28. The van der Waals surface area contributed by atoms with Gasteiger partial charge in [0.25, 0.3) is 0 Å². The van der Waals surface area contributed by atoms with Gasteiger partial charge in [0.1, 0.15) is 12.4 Å². The average molecular weight is 380 g/mol. The van der Waals surface area contributed by atoms with Gasteiger partial charge < -0.3 is 19.3 Å². The van der Waals surface area contributed by atoms with Crippen LogP contribution >= 0.6 is 0 Å². The zero-order valence-corrected chi connectivity index (χ0v) is 16.5. The van der Waals surface area contributed by atoms with Crippen LogP contribution in [-0.4, -0.2) is 43.8 Å². The number of rotatable bonds is 9. The summed E-state index contributed by atoms with van der Waals surface area (Å²) < 4.78 is 14.3. The topological polar surface area (TPSA) is 99.1 Å². The molecule has 0 aliphatic heterocycles. The van der Waals surface area contributed by atoms with E-state index in [1.54, 1.807) is 26.0 Å². The molecular weight excluding hydrogens is 352 g/mol. The van der Waals surface area contributed by atoms with Crippen molar-refractivity contribution in [2.24, 2.45) is 11.3 Å². The zero-order valence-electron chi connectivity index (χ0n) is 16.5. The van der Waals surface area contributed by atoms with E-state index in [-0.39, 0.29) is 11.7 Å². The van der Waals surface area contributed by atoms with Gasteiger partial charge in [-0.05, 0) is 50.3 Å². The summed E-state index contributed by atoms with van der Waals surface area (Å²) >= 11 is 0. The third-order valence-corrected chi connectivity index (χ3v) is 4.52. The fourth-order valence-electron chi connectivity index (χ4n) is 2.81. The number of hydrogen-bond donors (Lipinski definition) is 1. The number of esters is 3. The van der Waals surface area contributed by atoms with Crippen molar-refractivity contribution in [2.45, 2.75) is 39.5 Å². The van der Waals surface area contributed by atoms with E-state index in [1.807, 2.05) is 19.1 Å². The van der Waals surface area contributed by atoms with E-state index >= 15 is 0 Å². The van der Waals surface area contributed by atoms with Crippen molar-refractivity contribution >= 4 is 17.9 Å². The number of carbonyl (C=O) groups is 3. The Balaban J connectivity index is 2.80. The van der Waals surface area contributed by atoms with E-state index in [0.29, 0.717) is 6.42 Å². The number of aromatic hydroxyl groups is 1. The Hall–Kier alpha value is -2.57. The molecule has 150 valence electrons. The molecule has 0 bridgehead atoms. The number of hydrogen-bond acceptors (Lipinski definition) is 7. The predicted octanol–water partition coefficient (Wildman–Crippen LogP) is 2.81. The summed E-state index contributed by atoms with van der Waals surface area (Å²) in [5.41, 5.74) is 0.174. The van der Waals surface area contributed by atoms with Crippen molar-refractivity contribution in [1.82, 2.24) is 0 Å². The van der Waals surface area contributed by atoms with Gasteiger partial charge in [0, 0.05) is 0 Å². The molecule has 0 spiro atoms. The lowest BCUT2D eigenvalue weighted by Crippen LogP contribution is -2.35. The first-order valence-corrected chi connectivity index (χ1v) is 8.78. The average Bonchev–Trinajstić information content (AvgIpc) is 2.66. The van der Waals surface area contributed by atoms with Gasteiger partial charge in [-0.2, -0.15) is 0 Å². The first-order chi connectivity index (χ1) is 12.7. The molecule has 0 aliphatic rings. The second-order valence-electron chi connectivity index (χ2n) is 6.98. The predicted molar refractivity (Wildman–Crippen MR) is 98.0 cm³/mol. The van der Waals surface area contributed by atoms with Gasteiger partial charge >= 0.3 is 17.9 Å². The second-order valence-corrected chi connectivity index (χ2v) is 6.98. The molecule has 0 amide bonds. The first-order valence-electron chi connectivity index (χ1n) is 8.78. The standard InChI is InChI=1S/C20H28O7/c1-6-13(14-7-9-15(21)10-8-14)11-20(2,3)19(24)27-12-16(17(22)25-4)18(23)26-5/h7-10,13,16,21H,6,11-12H2,1-5H3. The summed E-state index contributed by atoms with van der Waals surface area (Å²) in [6.45, 7) is 5.09. The molecular formula is C20H28O7. The molecule has 0 aromatic heterocycles. The summed E-state index contributed by atoms with van der Waals surface area (Å²) in [4.78, 5) is 35.9. The van der Waals surface area contributed by atoms with Crippen molar-refractivity contribution in [2.75, 3.05) is 20.8 Å². The smallest absolute Gasteiger partial charge is 0.323 e. The Morgan fingerprint density at radius 2 is 1.56 bits per heavy atom. The highest BCUT2D eigenvalue weighted by Gasteiger charge is 2.36. The van der Waals surface area contributed by atoms with Gasteiger partial charge in [0.2, 0.25) is 0 Å². The molecule has 1 aromatic carbocycles. The molecule has 1 unspecified atom stereocenters. The maximum atomic E-state index is 12.6. The largest absolute Gasteiger partial charge is 0.508 e. The molecule has 7 nitrogen and oxygen atoms in total. The number of phenols is 1. The maximum absolute atomic E-state index is 12.6. The van der Waals surface area contributed by atoms with Crippen LogP contribution in [-0.2, 0) is 28.6 Å². The van der Waals surface area contributed by atoms with Gasteiger partial charge in [-0.3, -0.25) is 14.4 Å². The molecule has 1 rings (SSSR count). The Bertz CT molecular complexity index is 633. The summed E-state index contributed by atoms with van der Waals surface area (Å²) in [5.74, 6) is -3.18. The highest BCUT2D eigenvalue weighted by molar-refractivity contribution is 5.95. The molecule has 0 radical (unpaired) electrons. The van der Waals surface area contributed by atoms with Crippen LogP contribution in [0, 0.1) is 11.3 Å². The minimum absolute atomic E-state index is 0.0881. The zero-order chi connectivity index (χ0) is 20.6.